The molecule has 6 saturated carbocycles. The van der Waals surface area contributed by atoms with E-state index in [0.717, 1.165) is 22.9 Å². The van der Waals surface area contributed by atoms with Gasteiger partial charge in [0, 0.05) is 0 Å². The topological polar surface area (TPSA) is 0 Å². The molecule has 220 valence electrons. The van der Waals surface area contributed by atoms with Gasteiger partial charge >= 0.3 is 241 Å². The molecular formula is C36H66P2. The van der Waals surface area contributed by atoms with Crippen molar-refractivity contribution in [1.29, 1.82) is 0 Å². The molecule has 0 N–H and O–H groups in total. The molecule has 3 atom stereocenters. The van der Waals surface area contributed by atoms with Crippen LogP contribution in [0.2, 0.25) is 0 Å². The van der Waals surface area contributed by atoms with Gasteiger partial charge in [-0.15, -0.1) is 0 Å². The Morgan fingerprint density at radius 2 is 0.789 bits per heavy atom. The summed E-state index contributed by atoms with van der Waals surface area (Å²) in [5.41, 5.74) is 8.36. The molecule has 0 saturated heterocycles. The second kappa shape index (κ2) is 13.9. The predicted molar refractivity (Wildman–Crippen MR) is 176 cm³/mol. The summed E-state index contributed by atoms with van der Waals surface area (Å²) in [5.74, 6) is 1.15. The third-order valence-corrected chi connectivity index (χ3v) is 26.0. The van der Waals surface area contributed by atoms with Crippen LogP contribution in [0.3, 0.4) is 0 Å². The molecule has 0 aromatic rings. The van der Waals surface area contributed by atoms with Crippen LogP contribution in [0.15, 0.2) is 0 Å². The Morgan fingerprint density at radius 1 is 0.421 bits per heavy atom. The van der Waals surface area contributed by atoms with Crippen molar-refractivity contribution in [3.8, 4) is 0 Å². The summed E-state index contributed by atoms with van der Waals surface area (Å²) in [4.78, 5) is 0. The van der Waals surface area contributed by atoms with Crippen LogP contribution in [0.4, 0.5) is 0 Å². The van der Waals surface area contributed by atoms with Gasteiger partial charge in [0.1, 0.15) is 0 Å². The van der Waals surface area contributed by atoms with Crippen molar-refractivity contribution in [2.75, 3.05) is 0 Å². The van der Waals surface area contributed by atoms with Crippen LogP contribution in [0.1, 0.15) is 180 Å². The SMILES string of the molecule is CC(C1CCCC1[PH](C1CCCCC1)(C1CCCCC1)C1CCCC1)P(C1CCCCC1)C1CCCCC1. The monoisotopic (exact) mass is 560 g/mol. The second-order valence-corrected chi connectivity index (χ2v) is 24.0. The summed E-state index contributed by atoms with van der Waals surface area (Å²) < 4.78 is 0. The maximum atomic E-state index is 2.92. The fourth-order valence-electron chi connectivity index (χ4n) is 12.7. The molecule has 0 spiro atoms. The van der Waals surface area contributed by atoms with Crippen molar-refractivity contribution in [1.82, 2.24) is 0 Å². The van der Waals surface area contributed by atoms with Gasteiger partial charge in [0.15, 0.2) is 0 Å². The standard InChI is InChI=1S/C36H66P2/c1-29(37(30-17-6-2-7-18-30)31-19-8-3-9-20-31)35-27-16-28-36(35)38(34-25-14-15-26-34,32-21-10-4-11-22-32)33-23-12-5-13-24-33/h29-36,38H,2-28H2,1H3. The van der Waals surface area contributed by atoms with Gasteiger partial charge in [0.2, 0.25) is 0 Å². The van der Waals surface area contributed by atoms with Gasteiger partial charge in [-0.05, 0) is 0 Å². The van der Waals surface area contributed by atoms with E-state index in [4.69, 9.17) is 0 Å². The van der Waals surface area contributed by atoms with E-state index in [0.29, 0.717) is 0 Å². The first-order valence-corrected chi connectivity index (χ1v) is 22.4. The molecule has 6 rings (SSSR count). The average Bonchev–Trinajstić information content (AvgIpc) is 3.70. The Kier molecular flexibility index (Phi) is 10.6. The predicted octanol–water partition coefficient (Wildman–Crippen LogP) is 12.0. The van der Waals surface area contributed by atoms with Crippen LogP contribution in [0.5, 0.6) is 0 Å². The minimum absolute atomic E-state index is 0.232. The van der Waals surface area contributed by atoms with E-state index in [-0.39, 0.29) is 7.92 Å². The Labute approximate surface area is 240 Å². The summed E-state index contributed by atoms with van der Waals surface area (Å²) in [6, 6.07) is 0. The van der Waals surface area contributed by atoms with Crippen LogP contribution in [0.25, 0.3) is 0 Å². The molecule has 2 heteroatoms. The maximum absolute atomic E-state index is 2.92. The van der Waals surface area contributed by atoms with Gasteiger partial charge in [-0.2, -0.15) is 0 Å². The summed E-state index contributed by atoms with van der Waals surface area (Å²) in [6.07, 6.45) is 43.7. The van der Waals surface area contributed by atoms with Crippen molar-refractivity contribution in [3.63, 3.8) is 0 Å². The van der Waals surface area contributed by atoms with E-state index in [1.165, 1.54) is 22.6 Å². The van der Waals surface area contributed by atoms with Crippen molar-refractivity contribution < 1.29 is 0 Å². The molecule has 6 fully saturated rings. The Bertz CT molecular complexity index is 652. The molecule has 0 radical (unpaired) electrons. The fourth-order valence-corrected chi connectivity index (χ4v) is 27.4. The summed E-state index contributed by atoms with van der Waals surface area (Å²) >= 11 is 0. The first-order chi connectivity index (χ1) is 18.8. The quantitative estimate of drug-likeness (QED) is 0.259. The van der Waals surface area contributed by atoms with Crippen LogP contribution in [0, 0.1) is 5.92 Å². The minimum atomic E-state index is -1.39. The molecule has 0 aromatic carbocycles. The number of hydrogen-bond acceptors (Lipinski definition) is 0. The van der Waals surface area contributed by atoms with Crippen LogP contribution < -0.4 is 0 Å². The van der Waals surface area contributed by atoms with E-state index >= 15 is 0 Å². The van der Waals surface area contributed by atoms with Gasteiger partial charge in [-0.3, -0.25) is 0 Å². The zero-order valence-electron chi connectivity index (χ0n) is 25.7. The van der Waals surface area contributed by atoms with Gasteiger partial charge in [-0.25, -0.2) is 0 Å². The first kappa shape index (κ1) is 29.0. The normalized spacial score (nSPS) is 33.7. The van der Waals surface area contributed by atoms with E-state index in [9.17, 15) is 0 Å². The van der Waals surface area contributed by atoms with Crippen LogP contribution >= 0.6 is 15.2 Å². The molecule has 0 heterocycles. The van der Waals surface area contributed by atoms with Crippen molar-refractivity contribution in [2.45, 2.75) is 220 Å². The molecule has 0 nitrogen and oxygen atoms in total. The molecular weight excluding hydrogens is 494 g/mol. The first-order valence-electron chi connectivity index (χ1n) is 18.6. The van der Waals surface area contributed by atoms with Gasteiger partial charge in [-0.1, -0.05) is 0 Å². The van der Waals surface area contributed by atoms with E-state index in [1.807, 2.05) is 0 Å². The van der Waals surface area contributed by atoms with Gasteiger partial charge < -0.3 is 0 Å². The number of rotatable bonds is 8. The molecule has 6 aliphatic carbocycles. The summed E-state index contributed by atoms with van der Waals surface area (Å²) in [7, 11) is -1.16. The number of hydrogen-bond donors (Lipinski definition) is 0. The summed E-state index contributed by atoms with van der Waals surface area (Å²) in [6.45, 7) is 2.92. The molecule has 3 unspecified atom stereocenters. The molecule has 0 amide bonds. The Balaban J connectivity index is 1.36. The fraction of sp³-hybridized carbons (Fsp3) is 1.00. The second-order valence-electron chi connectivity index (χ2n) is 15.6. The third kappa shape index (κ3) is 5.87. The third-order valence-electron chi connectivity index (χ3n) is 14.0. The van der Waals surface area contributed by atoms with Crippen LogP contribution in [-0.2, 0) is 0 Å². The zero-order valence-corrected chi connectivity index (χ0v) is 27.6. The van der Waals surface area contributed by atoms with Gasteiger partial charge in [0.05, 0.1) is 0 Å². The van der Waals surface area contributed by atoms with E-state index < -0.39 is 7.26 Å². The molecule has 0 aliphatic heterocycles. The van der Waals surface area contributed by atoms with Crippen molar-refractivity contribution >= 4 is 15.2 Å². The van der Waals surface area contributed by atoms with Crippen molar-refractivity contribution in [2.24, 2.45) is 5.92 Å². The molecule has 0 bridgehead atoms. The molecule has 0 aromatic heterocycles. The molecule has 6 aliphatic rings. The van der Waals surface area contributed by atoms with Gasteiger partial charge in [0.25, 0.3) is 0 Å². The summed E-state index contributed by atoms with van der Waals surface area (Å²) in [5, 5.41) is 0. The zero-order chi connectivity index (χ0) is 25.8. The van der Waals surface area contributed by atoms with E-state index in [1.54, 1.807) is 173 Å². The van der Waals surface area contributed by atoms with E-state index in [2.05, 4.69) is 6.92 Å². The van der Waals surface area contributed by atoms with Crippen LogP contribution in [-0.4, -0.2) is 39.6 Å². The average molecular weight is 561 g/mol. The Morgan fingerprint density at radius 3 is 1.21 bits per heavy atom. The molecule has 38 heavy (non-hydrogen) atoms. The Hall–Kier alpha value is 0.860. The van der Waals surface area contributed by atoms with Crippen molar-refractivity contribution in [3.05, 3.63) is 0 Å².